The van der Waals surface area contributed by atoms with Crippen molar-refractivity contribution in [2.75, 3.05) is 33.4 Å². The van der Waals surface area contributed by atoms with Gasteiger partial charge in [-0.25, -0.2) is 4.79 Å². The smallest absolute Gasteiger partial charge is 0.343 e. The van der Waals surface area contributed by atoms with Crippen LogP contribution in [0, 0.1) is 13.8 Å². The van der Waals surface area contributed by atoms with Crippen LogP contribution in [0.4, 0.5) is 0 Å². The van der Waals surface area contributed by atoms with Crippen LogP contribution in [0.15, 0.2) is 24.3 Å². The normalized spacial score (nSPS) is 15.7. The summed E-state index contributed by atoms with van der Waals surface area (Å²) in [4.78, 5) is 13.7. The van der Waals surface area contributed by atoms with Gasteiger partial charge in [0.2, 0.25) is 0 Å². The Hall–Kier alpha value is -1.85. The molecular weight excluding hydrogens is 328 g/mol. The van der Waals surface area contributed by atoms with Crippen molar-refractivity contribution in [1.82, 2.24) is 10.2 Å². The number of ether oxygens (including phenoxy) is 2. The maximum Gasteiger partial charge on any atom is 0.343 e. The monoisotopic (exact) mass is 360 g/mol. The Morgan fingerprint density at radius 1 is 1.27 bits per heavy atom. The second-order valence-electron chi connectivity index (χ2n) is 7.31. The van der Waals surface area contributed by atoms with Crippen molar-refractivity contribution in [2.45, 2.75) is 46.2 Å². The highest BCUT2D eigenvalue weighted by Crippen LogP contribution is 2.25. The fourth-order valence-corrected chi connectivity index (χ4v) is 3.50. The minimum atomic E-state index is -0.368. The van der Waals surface area contributed by atoms with Gasteiger partial charge in [-0.3, -0.25) is 4.90 Å². The highest BCUT2D eigenvalue weighted by molar-refractivity contribution is 5.71. The standard InChI is InChI=1S/C21H32N2O3/c1-15(2)13-23-8-6-19(7-9-23)22-12-18-10-16(3)21(17(4)11-18)26-14-20(24)25-5/h10-11,19,22H,1,6-9,12-14H2,2-5H3. The number of rotatable bonds is 8. The van der Waals surface area contributed by atoms with E-state index in [0.717, 1.165) is 43.1 Å². The third-order valence-electron chi connectivity index (χ3n) is 4.76. The summed E-state index contributed by atoms with van der Waals surface area (Å²) in [5, 5.41) is 3.68. The average molecular weight is 360 g/mol. The van der Waals surface area contributed by atoms with Gasteiger partial charge >= 0.3 is 5.97 Å². The number of hydrogen-bond acceptors (Lipinski definition) is 5. The first-order valence-corrected chi connectivity index (χ1v) is 9.29. The molecule has 1 aliphatic heterocycles. The number of methoxy groups -OCH3 is 1. The maximum absolute atomic E-state index is 11.3. The lowest BCUT2D eigenvalue weighted by molar-refractivity contribution is -0.142. The van der Waals surface area contributed by atoms with Crippen LogP contribution in [0.3, 0.4) is 0 Å². The number of carbonyl (C=O) groups is 1. The van der Waals surface area contributed by atoms with Crippen LogP contribution >= 0.6 is 0 Å². The Morgan fingerprint density at radius 3 is 2.42 bits per heavy atom. The summed E-state index contributed by atoms with van der Waals surface area (Å²) in [6.45, 7) is 14.2. The SMILES string of the molecule is C=C(C)CN1CCC(NCc2cc(C)c(OCC(=O)OC)c(C)c2)CC1. The van der Waals surface area contributed by atoms with Crippen molar-refractivity contribution in [2.24, 2.45) is 0 Å². The van der Waals surface area contributed by atoms with Gasteiger partial charge in [0.1, 0.15) is 5.75 Å². The number of likely N-dealkylation sites (tertiary alicyclic amines) is 1. The van der Waals surface area contributed by atoms with E-state index in [2.05, 4.69) is 40.6 Å². The molecule has 5 heteroatoms. The molecule has 1 aliphatic rings. The molecule has 0 radical (unpaired) electrons. The molecular formula is C21H32N2O3. The number of esters is 1. The maximum atomic E-state index is 11.3. The van der Waals surface area contributed by atoms with Gasteiger partial charge < -0.3 is 14.8 Å². The fraction of sp³-hybridized carbons (Fsp3) is 0.571. The van der Waals surface area contributed by atoms with E-state index in [4.69, 9.17) is 4.74 Å². The molecule has 0 spiro atoms. The van der Waals surface area contributed by atoms with E-state index in [1.165, 1.54) is 31.1 Å². The van der Waals surface area contributed by atoms with E-state index >= 15 is 0 Å². The minimum absolute atomic E-state index is 0.0570. The number of carbonyl (C=O) groups excluding carboxylic acids is 1. The molecule has 5 nitrogen and oxygen atoms in total. The van der Waals surface area contributed by atoms with Crippen LogP contribution in [0.1, 0.15) is 36.5 Å². The first-order valence-electron chi connectivity index (χ1n) is 9.29. The van der Waals surface area contributed by atoms with Crippen molar-refractivity contribution < 1.29 is 14.3 Å². The van der Waals surface area contributed by atoms with Crippen molar-refractivity contribution in [1.29, 1.82) is 0 Å². The van der Waals surface area contributed by atoms with Crippen LogP contribution in [-0.4, -0.2) is 50.3 Å². The summed E-state index contributed by atoms with van der Waals surface area (Å²) in [5.41, 5.74) is 4.57. The third-order valence-corrected chi connectivity index (χ3v) is 4.76. The van der Waals surface area contributed by atoms with E-state index < -0.39 is 0 Å². The Bertz CT molecular complexity index is 611. The van der Waals surface area contributed by atoms with Gasteiger partial charge in [0, 0.05) is 19.1 Å². The highest BCUT2D eigenvalue weighted by atomic mass is 16.6. The van der Waals surface area contributed by atoms with Gasteiger partial charge in [0.05, 0.1) is 7.11 Å². The van der Waals surface area contributed by atoms with Gasteiger partial charge in [-0.05, 0) is 63.4 Å². The van der Waals surface area contributed by atoms with Crippen LogP contribution in [0.5, 0.6) is 5.75 Å². The lowest BCUT2D eigenvalue weighted by Crippen LogP contribution is -2.42. The summed E-state index contributed by atoms with van der Waals surface area (Å²) in [6.07, 6.45) is 2.34. The molecule has 1 N–H and O–H groups in total. The van der Waals surface area contributed by atoms with Crippen LogP contribution < -0.4 is 10.1 Å². The molecule has 1 fully saturated rings. The molecule has 0 aromatic heterocycles. The molecule has 1 heterocycles. The summed E-state index contributed by atoms with van der Waals surface area (Å²) in [5.74, 6) is 0.403. The van der Waals surface area contributed by atoms with E-state index in [1.54, 1.807) is 0 Å². The summed E-state index contributed by atoms with van der Waals surface area (Å²) >= 11 is 0. The van der Waals surface area contributed by atoms with Crippen LogP contribution in [0.25, 0.3) is 0 Å². The molecule has 0 unspecified atom stereocenters. The second-order valence-corrected chi connectivity index (χ2v) is 7.31. The van der Waals surface area contributed by atoms with E-state index in [-0.39, 0.29) is 12.6 Å². The first kappa shape index (κ1) is 20.5. The molecule has 0 aliphatic carbocycles. The summed E-state index contributed by atoms with van der Waals surface area (Å²) in [7, 11) is 1.36. The molecule has 1 aromatic carbocycles. The topological polar surface area (TPSA) is 50.8 Å². The van der Waals surface area contributed by atoms with Crippen LogP contribution in [-0.2, 0) is 16.1 Å². The van der Waals surface area contributed by atoms with E-state index in [9.17, 15) is 4.79 Å². The second kappa shape index (κ2) is 9.74. The fourth-order valence-electron chi connectivity index (χ4n) is 3.50. The average Bonchev–Trinajstić information content (AvgIpc) is 2.59. The minimum Gasteiger partial charge on any atom is -0.481 e. The number of nitrogens with one attached hydrogen (secondary N) is 1. The molecule has 0 bridgehead atoms. The van der Waals surface area contributed by atoms with Gasteiger partial charge in [0.15, 0.2) is 6.61 Å². The van der Waals surface area contributed by atoms with Crippen molar-refractivity contribution in [3.05, 3.63) is 41.0 Å². The molecule has 1 saturated heterocycles. The molecule has 26 heavy (non-hydrogen) atoms. The van der Waals surface area contributed by atoms with Gasteiger partial charge in [-0.2, -0.15) is 0 Å². The zero-order valence-electron chi connectivity index (χ0n) is 16.6. The lowest BCUT2D eigenvalue weighted by atomic mass is 10.0. The Balaban J connectivity index is 1.85. The Labute approximate surface area is 157 Å². The predicted molar refractivity (Wildman–Crippen MR) is 105 cm³/mol. The van der Waals surface area contributed by atoms with Gasteiger partial charge in [0.25, 0.3) is 0 Å². The number of hydrogen-bond donors (Lipinski definition) is 1. The summed E-state index contributed by atoms with van der Waals surface area (Å²) < 4.78 is 10.2. The number of aryl methyl sites for hydroxylation is 2. The molecule has 0 saturated carbocycles. The number of nitrogens with zero attached hydrogens (tertiary/aromatic N) is 1. The molecule has 0 atom stereocenters. The van der Waals surface area contributed by atoms with Crippen LogP contribution in [0.2, 0.25) is 0 Å². The lowest BCUT2D eigenvalue weighted by Gasteiger charge is -2.32. The quantitative estimate of drug-likeness (QED) is 0.570. The third kappa shape index (κ3) is 6.15. The van der Waals surface area contributed by atoms with Crippen molar-refractivity contribution in [3.63, 3.8) is 0 Å². The first-order chi connectivity index (χ1) is 12.4. The highest BCUT2D eigenvalue weighted by Gasteiger charge is 2.18. The molecule has 144 valence electrons. The molecule has 2 rings (SSSR count). The molecule has 0 amide bonds. The zero-order valence-corrected chi connectivity index (χ0v) is 16.6. The van der Waals surface area contributed by atoms with E-state index in [1.807, 2.05) is 13.8 Å². The van der Waals surface area contributed by atoms with Crippen molar-refractivity contribution >= 4 is 5.97 Å². The summed E-state index contributed by atoms with van der Waals surface area (Å²) in [6, 6.07) is 4.82. The van der Waals surface area contributed by atoms with Crippen molar-refractivity contribution in [3.8, 4) is 5.75 Å². The predicted octanol–water partition coefficient (Wildman–Crippen LogP) is 2.99. The number of benzene rings is 1. The van der Waals surface area contributed by atoms with Gasteiger partial charge in [-0.1, -0.05) is 24.3 Å². The Morgan fingerprint density at radius 2 is 1.88 bits per heavy atom. The Kier molecular flexibility index (Phi) is 7.66. The van der Waals surface area contributed by atoms with Gasteiger partial charge in [-0.15, -0.1) is 0 Å². The largest absolute Gasteiger partial charge is 0.481 e. The zero-order chi connectivity index (χ0) is 19.1. The van der Waals surface area contributed by atoms with E-state index in [0.29, 0.717) is 6.04 Å². The molecule has 1 aromatic rings. The number of piperidine rings is 1.